The summed E-state index contributed by atoms with van der Waals surface area (Å²) in [5.74, 6) is 0. The fourth-order valence-corrected chi connectivity index (χ4v) is 1.57. The molecule has 3 nitrogen and oxygen atoms in total. The number of hydrogen-bond donors (Lipinski definition) is 1. The van der Waals surface area contributed by atoms with E-state index in [9.17, 15) is 0 Å². The van der Waals surface area contributed by atoms with E-state index >= 15 is 0 Å². The van der Waals surface area contributed by atoms with Gasteiger partial charge in [0.05, 0.1) is 0 Å². The molecule has 0 aromatic heterocycles. The highest BCUT2D eigenvalue weighted by Gasteiger charge is 2.18. The van der Waals surface area contributed by atoms with Gasteiger partial charge in [0.25, 0.3) is 6.02 Å². The third-order valence-electron chi connectivity index (χ3n) is 2.25. The zero-order valence-corrected chi connectivity index (χ0v) is 8.58. The standard InChI is InChI=1S/C10H11ClN2O/c1-6-2-3-7(4-8(6)11)9-5-14-10(12)13-9/h2-4,9H,5H2,1H3,(H2,12,13)/t9-/m1/s1. The Morgan fingerprint density at radius 3 is 2.93 bits per heavy atom. The maximum atomic E-state index is 6.01. The Bertz CT molecular complexity index is 390. The first-order valence-electron chi connectivity index (χ1n) is 4.39. The third kappa shape index (κ3) is 1.68. The number of hydrogen-bond acceptors (Lipinski definition) is 3. The molecule has 1 aromatic carbocycles. The summed E-state index contributed by atoms with van der Waals surface area (Å²) in [6.07, 6.45) is 0. The molecule has 2 rings (SSSR count). The van der Waals surface area contributed by atoms with Crippen LogP contribution >= 0.6 is 11.6 Å². The number of benzene rings is 1. The van der Waals surface area contributed by atoms with Gasteiger partial charge in [-0.05, 0) is 24.1 Å². The second kappa shape index (κ2) is 3.50. The van der Waals surface area contributed by atoms with Crippen molar-refractivity contribution in [1.29, 1.82) is 0 Å². The molecule has 0 unspecified atom stereocenters. The topological polar surface area (TPSA) is 47.6 Å². The molecule has 14 heavy (non-hydrogen) atoms. The minimum atomic E-state index is -0.00639. The molecule has 0 spiro atoms. The minimum absolute atomic E-state index is 0.00639. The van der Waals surface area contributed by atoms with E-state index in [4.69, 9.17) is 22.1 Å². The monoisotopic (exact) mass is 210 g/mol. The Kier molecular flexibility index (Phi) is 2.33. The van der Waals surface area contributed by atoms with Crippen molar-refractivity contribution in [2.24, 2.45) is 10.7 Å². The van der Waals surface area contributed by atoms with Gasteiger partial charge in [-0.1, -0.05) is 23.7 Å². The van der Waals surface area contributed by atoms with Gasteiger partial charge in [-0.25, -0.2) is 4.99 Å². The van der Waals surface area contributed by atoms with Crippen LogP contribution in [-0.4, -0.2) is 12.6 Å². The van der Waals surface area contributed by atoms with Gasteiger partial charge in [0, 0.05) is 5.02 Å². The van der Waals surface area contributed by atoms with Crippen LogP contribution in [0.5, 0.6) is 0 Å². The second-order valence-corrected chi connectivity index (χ2v) is 3.71. The van der Waals surface area contributed by atoms with Gasteiger partial charge >= 0.3 is 0 Å². The second-order valence-electron chi connectivity index (χ2n) is 3.30. The Labute approximate surface area is 87.5 Å². The lowest BCUT2D eigenvalue weighted by molar-refractivity contribution is 0.315. The van der Waals surface area contributed by atoms with Crippen LogP contribution in [0.3, 0.4) is 0 Å². The van der Waals surface area contributed by atoms with Gasteiger partial charge in [0.1, 0.15) is 12.6 Å². The van der Waals surface area contributed by atoms with Gasteiger partial charge in [-0.2, -0.15) is 0 Å². The van der Waals surface area contributed by atoms with Crippen LogP contribution in [0.15, 0.2) is 23.2 Å². The van der Waals surface area contributed by atoms with Gasteiger partial charge in [-0.15, -0.1) is 0 Å². The van der Waals surface area contributed by atoms with E-state index in [2.05, 4.69) is 4.99 Å². The molecule has 4 heteroatoms. The number of rotatable bonds is 1. The first kappa shape index (κ1) is 9.34. The zero-order chi connectivity index (χ0) is 10.1. The Morgan fingerprint density at radius 2 is 2.36 bits per heavy atom. The molecule has 1 heterocycles. The molecule has 1 aliphatic rings. The Hall–Kier alpha value is -1.22. The Balaban J connectivity index is 2.29. The van der Waals surface area contributed by atoms with Crippen LogP contribution in [0.1, 0.15) is 17.2 Å². The van der Waals surface area contributed by atoms with Crippen LogP contribution < -0.4 is 5.73 Å². The summed E-state index contributed by atoms with van der Waals surface area (Å²) in [6, 6.07) is 6.13. The van der Waals surface area contributed by atoms with Gasteiger partial charge in [0.2, 0.25) is 0 Å². The van der Waals surface area contributed by atoms with Crippen LogP contribution in [-0.2, 0) is 4.74 Å². The molecule has 0 amide bonds. The Morgan fingerprint density at radius 1 is 1.57 bits per heavy atom. The quantitative estimate of drug-likeness (QED) is 0.771. The summed E-state index contributed by atoms with van der Waals surface area (Å²) in [5.41, 5.74) is 7.53. The molecule has 2 N–H and O–H groups in total. The lowest BCUT2D eigenvalue weighted by Gasteiger charge is -2.06. The van der Waals surface area contributed by atoms with Gasteiger partial charge < -0.3 is 10.5 Å². The fourth-order valence-electron chi connectivity index (χ4n) is 1.38. The van der Waals surface area contributed by atoms with Crippen LogP contribution in [0, 0.1) is 6.92 Å². The van der Waals surface area contributed by atoms with Crippen molar-refractivity contribution in [2.75, 3.05) is 6.61 Å². The first-order chi connectivity index (χ1) is 6.66. The summed E-state index contributed by atoms with van der Waals surface area (Å²) in [5, 5.41) is 0.753. The average Bonchev–Trinajstić information content (AvgIpc) is 2.57. The molecular formula is C10H11ClN2O. The highest BCUT2D eigenvalue weighted by Crippen LogP contribution is 2.26. The van der Waals surface area contributed by atoms with E-state index in [0.717, 1.165) is 16.1 Å². The predicted molar refractivity (Wildman–Crippen MR) is 56.5 cm³/mol. The molecule has 0 saturated heterocycles. The molecule has 1 aliphatic heterocycles. The normalized spacial score (nSPS) is 20.4. The van der Waals surface area contributed by atoms with Crippen molar-refractivity contribution in [1.82, 2.24) is 0 Å². The third-order valence-corrected chi connectivity index (χ3v) is 2.66. The summed E-state index contributed by atoms with van der Waals surface area (Å²) in [6.45, 7) is 2.47. The number of halogens is 1. The van der Waals surface area contributed by atoms with Crippen molar-refractivity contribution in [3.8, 4) is 0 Å². The summed E-state index contributed by atoms with van der Waals surface area (Å²) < 4.78 is 5.07. The largest absolute Gasteiger partial charge is 0.463 e. The zero-order valence-electron chi connectivity index (χ0n) is 7.83. The predicted octanol–water partition coefficient (Wildman–Crippen LogP) is 2.03. The number of aliphatic imine (C=N–C) groups is 1. The number of ether oxygens (including phenoxy) is 1. The van der Waals surface area contributed by atoms with E-state index in [1.54, 1.807) is 0 Å². The highest BCUT2D eigenvalue weighted by molar-refractivity contribution is 6.31. The minimum Gasteiger partial charge on any atom is -0.463 e. The molecule has 0 radical (unpaired) electrons. The van der Waals surface area contributed by atoms with Gasteiger partial charge in [-0.3, -0.25) is 0 Å². The molecule has 1 aromatic rings. The van der Waals surface area contributed by atoms with Crippen molar-refractivity contribution in [2.45, 2.75) is 13.0 Å². The van der Waals surface area contributed by atoms with Crippen molar-refractivity contribution in [3.05, 3.63) is 34.3 Å². The van der Waals surface area contributed by atoms with E-state index in [0.29, 0.717) is 6.61 Å². The smallest absolute Gasteiger partial charge is 0.282 e. The molecular weight excluding hydrogens is 200 g/mol. The summed E-state index contributed by atoms with van der Waals surface area (Å²) in [4.78, 5) is 4.14. The van der Waals surface area contributed by atoms with Crippen molar-refractivity contribution in [3.63, 3.8) is 0 Å². The number of nitrogens with zero attached hydrogens (tertiary/aromatic N) is 1. The van der Waals surface area contributed by atoms with Crippen molar-refractivity contribution < 1.29 is 4.74 Å². The lowest BCUT2D eigenvalue weighted by atomic mass is 10.1. The van der Waals surface area contributed by atoms with Crippen molar-refractivity contribution >= 4 is 17.6 Å². The number of nitrogens with two attached hydrogens (primary N) is 1. The van der Waals surface area contributed by atoms with E-state index in [1.807, 2.05) is 25.1 Å². The molecule has 1 atom stereocenters. The van der Waals surface area contributed by atoms with Crippen LogP contribution in [0.2, 0.25) is 5.02 Å². The lowest BCUT2D eigenvalue weighted by Crippen LogP contribution is -2.10. The summed E-state index contributed by atoms with van der Waals surface area (Å²) >= 11 is 6.01. The van der Waals surface area contributed by atoms with Gasteiger partial charge in [0.15, 0.2) is 0 Å². The molecule has 0 fully saturated rings. The first-order valence-corrected chi connectivity index (χ1v) is 4.77. The molecule has 0 aliphatic carbocycles. The fraction of sp³-hybridized carbons (Fsp3) is 0.300. The SMILES string of the molecule is Cc1ccc([C@H]2COC(N)=N2)cc1Cl. The number of aryl methyl sites for hydroxylation is 1. The molecule has 0 saturated carbocycles. The van der Waals surface area contributed by atoms with Crippen LogP contribution in [0.4, 0.5) is 0 Å². The number of amidine groups is 1. The van der Waals surface area contributed by atoms with Crippen LogP contribution in [0.25, 0.3) is 0 Å². The maximum Gasteiger partial charge on any atom is 0.282 e. The van der Waals surface area contributed by atoms with E-state index in [-0.39, 0.29) is 12.1 Å². The van der Waals surface area contributed by atoms with E-state index < -0.39 is 0 Å². The van der Waals surface area contributed by atoms with E-state index in [1.165, 1.54) is 0 Å². The molecule has 74 valence electrons. The summed E-state index contributed by atoms with van der Waals surface area (Å²) in [7, 11) is 0. The average molecular weight is 211 g/mol. The maximum absolute atomic E-state index is 6.01. The molecule has 0 bridgehead atoms. The highest BCUT2D eigenvalue weighted by atomic mass is 35.5.